The number of carbonyl (C=O) groups is 1. The van der Waals surface area contributed by atoms with Crippen molar-refractivity contribution in [2.75, 3.05) is 36.4 Å². The Morgan fingerprint density at radius 1 is 0.918 bits per heavy atom. The minimum atomic E-state index is -2.86. The van der Waals surface area contributed by atoms with Crippen molar-refractivity contribution in [3.8, 4) is 17.4 Å². The molecule has 0 saturated heterocycles. The fourth-order valence-electron chi connectivity index (χ4n) is 5.72. The Morgan fingerprint density at radius 2 is 1.63 bits per heavy atom. The second kappa shape index (κ2) is 12.9. The number of benzene rings is 4. The second-order valence-corrected chi connectivity index (χ2v) is 18.7. The standard InChI is InChI=1S/C36H38N5O6PS/c1-36(2,3)24-18-29(33(46-4)31(19-24)48(5,6)43)40-35(42)39-28-13-14-30(27-10-8-7-9-26(27)28)47-32-15-16-37-34(41-32)38-25-12-11-22-20-49(44,45)21-23(22)17-25/h7-19H,20-21H2,1-6H3,(H3-,37,38,39,40,41,42,44,45)/p+1. The van der Waals surface area contributed by atoms with E-state index < -0.39 is 23.4 Å². The van der Waals surface area contributed by atoms with Crippen LogP contribution >= 0.6 is 7.14 Å². The van der Waals surface area contributed by atoms with E-state index >= 15 is 0 Å². The van der Waals surface area contributed by atoms with E-state index in [1.54, 1.807) is 37.7 Å². The topological polar surface area (TPSA) is 152 Å². The molecule has 0 spiro atoms. The highest BCUT2D eigenvalue weighted by Crippen LogP contribution is 2.43. The van der Waals surface area contributed by atoms with Crippen LogP contribution < -0.4 is 30.7 Å². The summed E-state index contributed by atoms with van der Waals surface area (Å²) in [5.74, 6) is 1.78. The van der Waals surface area contributed by atoms with Crippen molar-refractivity contribution in [2.45, 2.75) is 37.7 Å². The monoisotopic (exact) mass is 700 g/mol. The molecule has 1 atom stereocenters. The van der Waals surface area contributed by atoms with Gasteiger partial charge in [-0.25, -0.2) is 9.78 Å². The Hall–Kier alpha value is -4.77. The lowest BCUT2D eigenvalue weighted by molar-refractivity contribution is 0.262. The Bertz CT molecular complexity index is 2200. The minimum Gasteiger partial charge on any atom is -0.494 e. The largest absolute Gasteiger partial charge is 0.494 e. The van der Waals surface area contributed by atoms with Gasteiger partial charge >= 0.3 is 6.03 Å². The molecule has 11 nitrogen and oxygen atoms in total. The van der Waals surface area contributed by atoms with Crippen molar-refractivity contribution < 1.29 is 27.6 Å². The SMILES string of the molecule is COc1c(NC(=O)Nc2ccc(Oc3ccnc(Nc4ccc5c(c4)C[S+](=O)(O)C5)n3)c3ccccc23)cc(C(C)(C)C)cc1P(C)(C)=O. The third-order valence-corrected chi connectivity index (χ3v) is 11.2. The van der Waals surface area contributed by atoms with Crippen molar-refractivity contribution in [1.82, 2.24) is 9.97 Å². The van der Waals surface area contributed by atoms with Crippen LogP contribution in [0.3, 0.4) is 0 Å². The quantitative estimate of drug-likeness (QED) is 0.0925. The highest BCUT2D eigenvalue weighted by atomic mass is 32.3. The molecule has 6 rings (SSSR count). The smallest absolute Gasteiger partial charge is 0.323 e. The van der Waals surface area contributed by atoms with Gasteiger partial charge in [0.15, 0.2) is 17.3 Å². The molecule has 2 heterocycles. The molecule has 1 aromatic heterocycles. The summed E-state index contributed by atoms with van der Waals surface area (Å²) >= 11 is 0. The van der Waals surface area contributed by atoms with Crippen molar-refractivity contribution in [1.29, 1.82) is 0 Å². The lowest BCUT2D eigenvalue weighted by Gasteiger charge is -2.25. The summed E-state index contributed by atoms with van der Waals surface area (Å²) in [4.78, 5) is 22.3. The molecule has 254 valence electrons. The number of urea groups is 1. The number of fused-ring (bicyclic) bond motifs is 2. The fourth-order valence-corrected chi connectivity index (χ4v) is 8.49. The first-order valence-electron chi connectivity index (χ1n) is 15.6. The van der Waals surface area contributed by atoms with Gasteiger partial charge in [-0.05, 0) is 60.7 Å². The van der Waals surface area contributed by atoms with Crippen molar-refractivity contribution in [2.24, 2.45) is 0 Å². The molecule has 49 heavy (non-hydrogen) atoms. The third-order valence-electron chi connectivity index (χ3n) is 8.17. The van der Waals surface area contributed by atoms with E-state index in [1.807, 2.05) is 54.6 Å². The molecule has 0 aliphatic carbocycles. The molecule has 1 aliphatic heterocycles. The normalized spacial score (nSPS) is 15.8. The highest BCUT2D eigenvalue weighted by molar-refractivity contribution is 7.96. The Labute approximate surface area is 286 Å². The van der Waals surface area contributed by atoms with Crippen LogP contribution in [0.1, 0.15) is 37.5 Å². The van der Waals surface area contributed by atoms with Gasteiger partial charge in [0.25, 0.3) is 0 Å². The maximum absolute atomic E-state index is 13.4. The van der Waals surface area contributed by atoms with E-state index in [0.717, 1.165) is 27.5 Å². The van der Waals surface area contributed by atoms with Gasteiger partial charge in [-0.15, -0.1) is 0 Å². The van der Waals surface area contributed by atoms with E-state index in [1.165, 1.54) is 7.11 Å². The van der Waals surface area contributed by atoms with Gasteiger partial charge in [0.2, 0.25) is 22.0 Å². The van der Waals surface area contributed by atoms with Crippen molar-refractivity contribution in [3.05, 3.63) is 95.7 Å². The zero-order chi connectivity index (χ0) is 35.1. The number of hydrogen-bond acceptors (Lipinski definition) is 8. The van der Waals surface area contributed by atoms with Crippen LogP contribution in [0.4, 0.5) is 27.8 Å². The molecule has 5 aromatic rings. The molecule has 13 heteroatoms. The maximum Gasteiger partial charge on any atom is 0.323 e. The first-order valence-corrected chi connectivity index (χ1v) is 20.0. The van der Waals surface area contributed by atoms with Gasteiger partial charge in [0.05, 0.1) is 23.8 Å². The number of ether oxygens (including phenoxy) is 2. The number of methoxy groups -OCH3 is 1. The first-order chi connectivity index (χ1) is 23.1. The summed E-state index contributed by atoms with van der Waals surface area (Å²) in [6.07, 6.45) is 1.57. The number of carbonyl (C=O) groups excluding carboxylic acids is 1. The molecular weight excluding hydrogens is 661 g/mol. The summed E-state index contributed by atoms with van der Waals surface area (Å²) in [5.41, 5.74) is 4.03. The third kappa shape index (κ3) is 7.62. The molecule has 1 unspecified atom stereocenters. The van der Waals surface area contributed by atoms with Gasteiger partial charge in [0.1, 0.15) is 12.9 Å². The average Bonchev–Trinajstić information content (AvgIpc) is 3.34. The minimum absolute atomic E-state index is 0.127. The van der Waals surface area contributed by atoms with E-state index in [-0.39, 0.29) is 16.9 Å². The van der Waals surface area contributed by atoms with Gasteiger partial charge in [0, 0.05) is 39.8 Å². The summed E-state index contributed by atoms with van der Waals surface area (Å²) < 4.78 is 47.2. The van der Waals surface area contributed by atoms with Gasteiger partial charge in [-0.1, -0.05) is 55.3 Å². The molecule has 2 amide bonds. The number of amides is 2. The van der Waals surface area contributed by atoms with Crippen LogP contribution in [0.2, 0.25) is 0 Å². The van der Waals surface area contributed by atoms with Gasteiger partial charge < -0.3 is 30.0 Å². The van der Waals surface area contributed by atoms with Crippen molar-refractivity contribution in [3.63, 3.8) is 0 Å². The van der Waals surface area contributed by atoms with Gasteiger partial charge in [-0.2, -0.15) is 9.54 Å². The number of aromatic nitrogens is 2. The van der Waals surface area contributed by atoms with Gasteiger partial charge in [-0.3, -0.25) is 0 Å². The summed E-state index contributed by atoms with van der Waals surface area (Å²) in [6.45, 7) is 9.53. The lowest BCUT2D eigenvalue weighted by atomic mass is 9.86. The van der Waals surface area contributed by atoms with Crippen LogP contribution in [0.5, 0.6) is 17.4 Å². The number of rotatable bonds is 8. The van der Waals surface area contributed by atoms with E-state index in [0.29, 0.717) is 45.7 Å². The lowest BCUT2D eigenvalue weighted by Crippen LogP contribution is -2.23. The van der Waals surface area contributed by atoms with E-state index in [2.05, 4.69) is 46.7 Å². The maximum atomic E-state index is 13.4. The number of anilines is 4. The van der Waals surface area contributed by atoms with Crippen LogP contribution in [0.15, 0.2) is 79.0 Å². The first kappa shape index (κ1) is 34.1. The number of hydrogen-bond donors (Lipinski definition) is 4. The van der Waals surface area contributed by atoms with Crippen LogP contribution in [-0.4, -0.2) is 41.0 Å². The Morgan fingerprint density at radius 3 is 2.35 bits per heavy atom. The van der Waals surface area contributed by atoms with Crippen molar-refractivity contribution >= 4 is 62.5 Å². The summed E-state index contributed by atoms with van der Waals surface area (Å²) in [7, 11) is -4.11. The summed E-state index contributed by atoms with van der Waals surface area (Å²) in [5, 5.41) is 11.1. The molecule has 4 N–H and O–H groups in total. The molecule has 1 aliphatic rings. The molecule has 0 bridgehead atoms. The van der Waals surface area contributed by atoms with E-state index in [9.17, 15) is 18.1 Å². The summed E-state index contributed by atoms with van der Waals surface area (Å²) in [6, 6.07) is 21.4. The Balaban J connectivity index is 1.23. The molecule has 0 saturated carbocycles. The molecular formula is C36H39N5O6PS+. The van der Waals surface area contributed by atoms with Crippen LogP contribution in [0, 0.1) is 0 Å². The number of nitrogens with one attached hydrogen (secondary N) is 3. The van der Waals surface area contributed by atoms with Crippen LogP contribution in [0.25, 0.3) is 10.8 Å². The molecule has 0 radical (unpaired) electrons. The predicted molar refractivity (Wildman–Crippen MR) is 197 cm³/mol. The number of nitrogens with zero attached hydrogens (tertiary/aromatic N) is 2. The van der Waals surface area contributed by atoms with E-state index in [4.69, 9.17) is 9.47 Å². The average molecular weight is 701 g/mol. The zero-order valence-corrected chi connectivity index (χ0v) is 29.9. The fraction of sp³-hybridized carbons (Fsp3) is 0.250. The second-order valence-electron chi connectivity index (χ2n) is 13.4. The Kier molecular flexibility index (Phi) is 9.00. The molecule has 0 fully saturated rings. The predicted octanol–water partition coefficient (Wildman–Crippen LogP) is 8.35. The zero-order valence-electron chi connectivity index (χ0n) is 28.2. The van der Waals surface area contributed by atoms with Crippen LogP contribution in [-0.2, 0) is 35.9 Å². The molecule has 4 aromatic carbocycles. The highest BCUT2D eigenvalue weighted by Gasteiger charge is 2.36.